The molecule has 1 aliphatic heterocycles. The molecule has 2 amide bonds. The fraction of sp³-hybridized carbons (Fsp3) is 0.267. The number of nitrogens with zero attached hydrogens (tertiary/aromatic N) is 3. The molecule has 1 aliphatic rings. The minimum Gasteiger partial charge on any atom is -0.481 e. The molecule has 2 heterocycles. The van der Waals surface area contributed by atoms with Gasteiger partial charge in [0.2, 0.25) is 0 Å². The second-order valence-corrected chi connectivity index (χ2v) is 5.32. The standard InChI is InChI=1S/C15H15FN4O3/c16-12-8-11(2-3-13(12)20-6-1-5-17-20)18-15(23)19-7-4-10(9-19)14(21)22/h1-3,5-6,8,10H,4,7,9H2,(H,18,23)(H,21,22). The maximum Gasteiger partial charge on any atom is 0.321 e. The van der Waals surface area contributed by atoms with Crippen molar-refractivity contribution in [1.29, 1.82) is 0 Å². The summed E-state index contributed by atoms with van der Waals surface area (Å²) in [5.41, 5.74) is 0.585. The lowest BCUT2D eigenvalue weighted by Crippen LogP contribution is -2.33. The van der Waals surface area contributed by atoms with Gasteiger partial charge in [-0.1, -0.05) is 0 Å². The van der Waals surface area contributed by atoms with Crippen molar-refractivity contribution < 1.29 is 19.1 Å². The van der Waals surface area contributed by atoms with Crippen LogP contribution in [0.1, 0.15) is 6.42 Å². The van der Waals surface area contributed by atoms with E-state index in [2.05, 4.69) is 10.4 Å². The number of hydrogen-bond acceptors (Lipinski definition) is 3. The Kier molecular flexibility index (Phi) is 3.96. The van der Waals surface area contributed by atoms with Gasteiger partial charge in [-0.2, -0.15) is 5.10 Å². The minimum atomic E-state index is -0.907. The summed E-state index contributed by atoms with van der Waals surface area (Å²) >= 11 is 0. The van der Waals surface area contributed by atoms with Crippen LogP contribution in [-0.2, 0) is 4.79 Å². The highest BCUT2D eigenvalue weighted by Crippen LogP contribution is 2.20. The highest BCUT2D eigenvalue weighted by molar-refractivity contribution is 5.90. The quantitative estimate of drug-likeness (QED) is 0.905. The first kappa shape index (κ1) is 15.0. The lowest BCUT2D eigenvalue weighted by molar-refractivity contribution is -0.141. The van der Waals surface area contributed by atoms with E-state index in [1.54, 1.807) is 24.5 Å². The topological polar surface area (TPSA) is 87.5 Å². The number of anilines is 1. The van der Waals surface area contributed by atoms with Crippen molar-refractivity contribution in [2.24, 2.45) is 5.92 Å². The summed E-state index contributed by atoms with van der Waals surface area (Å²) in [6, 6.07) is 5.55. The fourth-order valence-electron chi connectivity index (χ4n) is 2.53. The molecule has 1 fully saturated rings. The highest BCUT2D eigenvalue weighted by Gasteiger charge is 2.30. The number of aromatic nitrogens is 2. The molecule has 23 heavy (non-hydrogen) atoms. The van der Waals surface area contributed by atoms with Gasteiger partial charge in [0, 0.05) is 31.2 Å². The first-order valence-corrected chi connectivity index (χ1v) is 7.13. The van der Waals surface area contributed by atoms with E-state index in [4.69, 9.17) is 5.11 Å². The number of amides is 2. The van der Waals surface area contributed by atoms with E-state index in [9.17, 15) is 14.0 Å². The van der Waals surface area contributed by atoms with Crippen molar-refractivity contribution in [3.63, 3.8) is 0 Å². The normalized spacial score (nSPS) is 17.3. The van der Waals surface area contributed by atoms with Gasteiger partial charge in [-0.05, 0) is 30.7 Å². The Balaban J connectivity index is 1.68. The van der Waals surface area contributed by atoms with Crippen LogP contribution < -0.4 is 5.32 Å². The maximum atomic E-state index is 14.1. The molecule has 0 spiro atoms. The monoisotopic (exact) mass is 318 g/mol. The predicted molar refractivity (Wildman–Crippen MR) is 79.9 cm³/mol. The number of carbonyl (C=O) groups is 2. The molecule has 2 N–H and O–H groups in total. The third-order valence-electron chi connectivity index (χ3n) is 3.77. The number of hydrogen-bond donors (Lipinski definition) is 2. The molecule has 1 unspecified atom stereocenters. The Hall–Kier alpha value is -2.90. The molecule has 0 aliphatic carbocycles. The molecular formula is C15H15FN4O3. The predicted octanol–water partition coefficient (Wildman–Crippen LogP) is 1.95. The van der Waals surface area contributed by atoms with Crippen LogP contribution in [0.15, 0.2) is 36.7 Å². The molecule has 0 bridgehead atoms. The van der Waals surface area contributed by atoms with Crippen LogP contribution in [-0.4, -0.2) is 44.9 Å². The lowest BCUT2D eigenvalue weighted by Gasteiger charge is -2.17. The Morgan fingerprint density at radius 2 is 2.22 bits per heavy atom. The number of carbonyl (C=O) groups excluding carboxylic acids is 1. The first-order chi connectivity index (χ1) is 11.0. The van der Waals surface area contributed by atoms with Gasteiger partial charge in [0.05, 0.1) is 5.92 Å². The molecule has 7 nitrogen and oxygen atoms in total. The van der Waals surface area contributed by atoms with Gasteiger partial charge in [0.15, 0.2) is 5.82 Å². The van der Waals surface area contributed by atoms with Crippen LogP contribution in [0.25, 0.3) is 5.69 Å². The smallest absolute Gasteiger partial charge is 0.321 e. The van der Waals surface area contributed by atoms with Crippen LogP contribution in [0.2, 0.25) is 0 Å². The molecule has 1 aromatic carbocycles. The summed E-state index contributed by atoms with van der Waals surface area (Å²) in [4.78, 5) is 24.4. The molecule has 2 aromatic rings. The zero-order valence-electron chi connectivity index (χ0n) is 12.1. The Morgan fingerprint density at radius 3 is 2.83 bits per heavy atom. The summed E-state index contributed by atoms with van der Waals surface area (Å²) in [7, 11) is 0. The molecule has 1 saturated heterocycles. The molecule has 1 aromatic heterocycles. The van der Waals surface area contributed by atoms with E-state index in [0.717, 1.165) is 0 Å². The third kappa shape index (κ3) is 3.15. The van der Waals surface area contributed by atoms with E-state index in [0.29, 0.717) is 18.7 Å². The van der Waals surface area contributed by atoms with Crippen molar-refractivity contribution >= 4 is 17.7 Å². The SMILES string of the molecule is O=C(O)C1CCN(C(=O)Nc2ccc(-n3cccn3)c(F)c2)C1. The number of rotatable bonds is 3. The van der Waals surface area contributed by atoms with Crippen molar-refractivity contribution in [2.75, 3.05) is 18.4 Å². The maximum absolute atomic E-state index is 14.1. The summed E-state index contributed by atoms with van der Waals surface area (Å²) < 4.78 is 15.5. The van der Waals surface area contributed by atoms with Crippen LogP contribution in [0, 0.1) is 11.7 Å². The molecular weight excluding hydrogens is 303 g/mol. The minimum absolute atomic E-state index is 0.162. The molecule has 0 radical (unpaired) electrons. The van der Waals surface area contributed by atoms with Gasteiger partial charge in [0.25, 0.3) is 0 Å². The average molecular weight is 318 g/mol. The van der Waals surface area contributed by atoms with Crippen LogP contribution in [0.3, 0.4) is 0 Å². The molecule has 3 rings (SSSR count). The van der Waals surface area contributed by atoms with Crippen molar-refractivity contribution in [3.05, 3.63) is 42.5 Å². The summed E-state index contributed by atoms with van der Waals surface area (Å²) in [5.74, 6) is -1.97. The molecule has 1 atom stereocenters. The Bertz CT molecular complexity index is 732. The Morgan fingerprint density at radius 1 is 1.39 bits per heavy atom. The van der Waals surface area contributed by atoms with E-state index in [1.807, 2.05) is 0 Å². The van der Waals surface area contributed by atoms with Crippen molar-refractivity contribution in [2.45, 2.75) is 6.42 Å². The van der Waals surface area contributed by atoms with Gasteiger partial charge in [-0.3, -0.25) is 4.79 Å². The van der Waals surface area contributed by atoms with Crippen LogP contribution >= 0.6 is 0 Å². The van der Waals surface area contributed by atoms with Gasteiger partial charge in [-0.25, -0.2) is 13.9 Å². The molecule has 120 valence electrons. The zero-order chi connectivity index (χ0) is 16.4. The average Bonchev–Trinajstić information content (AvgIpc) is 3.19. The zero-order valence-corrected chi connectivity index (χ0v) is 12.1. The highest BCUT2D eigenvalue weighted by atomic mass is 19.1. The van der Waals surface area contributed by atoms with Crippen LogP contribution in [0.5, 0.6) is 0 Å². The largest absolute Gasteiger partial charge is 0.481 e. The van der Waals surface area contributed by atoms with E-state index in [1.165, 1.54) is 21.7 Å². The van der Waals surface area contributed by atoms with E-state index < -0.39 is 23.7 Å². The number of likely N-dealkylation sites (tertiary alicyclic amines) is 1. The number of urea groups is 1. The second kappa shape index (κ2) is 6.07. The third-order valence-corrected chi connectivity index (χ3v) is 3.77. The fourth-order valence-corrected chi connectivity index (χ4v) is 2.53. The lowest BCUT2D eigenvalue weighted by atomic mass is 10.1. The second-order valence-electron chi connectivity index (χ2n) is 5.32. The van der Waals surface area contributed by atoms with Gasteiger partial charge < -0.3 is 15.3 Å². The number of aliphatic carboxylic acids is 1. The van der Waals surface area contributed by atoms with Crippen molar-refractivity contribution in [3.8, 4) is 5.69 Å². The number of benzene rings is 1. The summed E-state index contributed by atoms with van der Waals surface area (Å²) in [6.07, 6.45) is 3.59. The van der Waals surface area contributed by atoms with Crippen molar-refractivity contribution in [1.82, 2.24) is 14.7 Å². The first-order valence-electron chi connectivity index (χ1n) is 7.13. The number of halogens is 1. The van der Waals surface area contributed by atoms with Gasteiger partial charge in [-0.15, -0.1) is 0 Å². The van der Waals surface area contributed by atoms with E-state index in [-0.39, 0.29) is 12.2 Å². The number of carboxylic acids is 1. The Labute approximate surface area is 131 Å². The summed E-state index contributed by atoms with van der Waals surface area (Å²) in [6.45, 7) is 0.533. The number of carboxylic acid groups (broad SMARTS) is 1. The van der Waals surface area contributed by atoms with E-state index >= 15 is 0 Å². The number of nitrogens with one attached hydrogen (secondary N) is 1. The van der Waals surface area contributed by atoms with Crippen LogP contribution in [0.4, 0.5) is 14.9 Å². The van der Waals surface area contributed by atoms with Gasteiger partial charge in [0.1, 0.15) is 5.69 Å². The molecule has 8 heteroatoms. The molecule has 0 saturated carbocycles. The summed E-state index contributed by atoms with van der Waals surface area (Å²) in [5, 5.41) is 15.5. The van der Waals surface area contributed by atoms with Gasteiger partial charge >= 0.3 is 12.0 Å².